The van der Waals surface area contributed by atoms with Crippen molar-refractivity contribution in [1.82, 2.24) is 9.97 Å². The molecule has 0 atom stereocenters. The van der Waals surface area contributed by atoms with Crippen molar-refractivity contribution in [3.8, 4) is 58.1 Å². The van der Waals surface area contributed by atoms with Crippen LogP contribution >= 0.6 is 0 Å². The summed E-state index contributed by atoms with van der Waals surface area (Å²) < 4.78 is 21.4. The molecule has 4 aromatic rings. The number of hydrogen-bond donors (Lipinski definition) is 0. The van der Waals surface area contributed by atoms with Crippen LogP contribution in [0.1, 0.15) is 22.3 Å². The van der Waals surface area contributed by atoms with Crippen molar-refractivity contribution < 1.29 is 18.9 Å². The molecule has 0 saturated heterocycles. The lowest BCUT2D eigenvalue weighted by atomic mass is 10.1. The van der Waals surface area contributed by atoms with Crippen molar-refractivity contribution in [2.45, 2.75) is 0 Å². The van der Waals surface area contributed by atoms with E-state index in [-0.39, 0.29) is 13.6 Å². The third-order valence-corrected chi connectivity index (χ3v) is 5.24. The summed E-state index contributed by atoms with van der Waals surface area (Å²) in [7, 11) is 0. The van der Waals surface area contributed by atoms with E-state index in [2.05, 4.69) is 33.6 Å². The summed E-state index contributed by atoms with van der Waals surface area (Å²) in [5, 5.41) is 0. The molecule has 6 nitrogen and oxygen atoms in total. The van der Waals surface area contributed by atoms with Gasteiger partial charge in [-0.25, -0.2) is 0 Å². The summed E-state index contributed by atoms with van der Waals surface area (Å²) in [6.07, 6.45) is 3.48. The first-order valence-electron chi connectivity index (χ1n) is 10.6. The van der Waals surface area contributed by atoms with Crippen LogP contribution in [0.25, 0.3) is 11.4 Å². The van der Waals surface area contributed by atoms with Crippen LogP contribution in [0.5, 0.6) is 23.0 Å². The van der Waals surface area contributed by atoms with Crippen LogP contribution in [0.3, 0.4) is 0 Å². The number of nitrogens with zero attached hydrogens (tertiary/aromatic N) is 2. The van der Waals surface area contributed by atoms with Gasteiger partial charge >= 0.3 is 0 Å². The number of aromatic nitrogens is 2. The Balaban J connectivity index is 1.14. The Bertz CT molecular complexity index is 1390. The van der Waals surface area contributed by atoms with Gasteiger partial charge in [-0.2, -0.15) is 0 Å². The first-order chi connectivity index (χ1) is 16.8. The average Bonchev–Trinajstić information content (AvgIpc) is 3.55. The zero-order valence-corrected chi connectivity index (χ0v) is 17.9. The number of ether oxygens (including phenoxy) is 4. The molecular formula is C28H16N2O4. The molecule has 6 heteroatoms. The highest BCUT2D eigenvalue weighted by atomic mass is 16.7. The molecule has 0 unspecified atom stereocenters. The Labute approximate surface area is 196 Å². The highest BCUT2D eigenvalue weighted by Crippen LogP contribution is 2.33. The lowest BCUT2D eigenvalue weighted by Gasteiger charge is -2.00. The number of rotatable bonds is 1. The van der Waals surface area contributed by atoms with E-state index in [1.54, 1.807) is 12.4 Å². The number of pyridine rings is 2. The van der Waals surface area contributed by atoms with Crippen molar-refractivity contribution in [1.29, 1.82) is 0 Å². The molecule has 4 heterocycles. The maximum absolute atomic E-state index is 5.39. The molecule has 0 bridgehead atoms. The predicted octanol–water partition coefficient (Wildman–Crippen LogP) is 4.40. The molecule has 162 valence electrons. The Morgan fingerprint density at radius 1 is 0.471 bits per heavy atom. The molecule has 0 aliphatic carbocycles. The molecule has 0 fully saturated rings. The minimum absolute atomic E-state index is 0.249. The zero-order valence-electron chi connectivity index (χ0n) is 17.9. The van der Waals surface area contributed by atoms with E-state index >= 15 is 0 Å². The fourth-order valence-electron chi connectivity index (χ4n) is 3.48. The third kappa shape index (κ3) is 4.09. The fraction of sp³-hybridized carbons (Fsp3) is 0.0714. The van der Waals surface area contributed by atoms with Crippen LogP contribution in [0.4, 0.5) is 0 Å². The quantitative estimate of drug-likeness (QED) is 0.406. The van der Waals surface area contributed by atoms with Gasteiger partial charge in [0.05, 0.1) is 11.4 Å². The van der Waals surface area contributed by atoms with E-state index in [9.17, 15) is 0 Å². The summed E-state index contributed by atoms with van der Waals surface area (Å²) in [4.78, 5) is 9.01. The summed E-state index contributed by atoms with van der Waals surface area (Å²) in [5.41, 5.74) is 4.87. The smallest absolute Gasteiger partial charge is 0.231 e. The van der Waals surface area contributed by atoms with Gasteiger partial charge in [-0.15, -0.1) is 0 Å². The Morgan fingerprint density at radius 2 is 0.882 bits per heavy atom. The number of hydrogen-bond acceptors (Lipinski definition) is 6. The number of fused-ring (bicyclic) bond motifs is 2. The van der Waals surface area contributed by atoms with E-state index < -0.39 is 0 Å². The summed E-state index contributed by atoms with van der Waals surface area (Å²) in [6.45, 7) is 0.498. The van der Waals surface area contributed by atoms with Crippen molar-refractivity contribution in [3.63, 3.8) is 0 Å². The van der Waals surface area contributed by atoms with E-state index in [0.717, 1.165) is 56.6 Å². The molecule has 0 N–H and O–H groups in total. The number of benzene rings is 2. The molecule has 6 rings (SSSR count). The first-order valence-corrected chi connectivity index (χ1v) is 10.6. The molecule has 0 amide bonds. The van der Waals surface area contributed by atoms with Crippen LogP contribution in [-0.4, -0.2) is 23.6 Å². The van der Waals surface area contributed by atoms with Crippen LogP contribution in [0.2, 0.25) is 0 Å². The second-order valence-corrected chi connectivity index (χ2v) is 7.50. The van der Waals surface area contributed by atoms with Crippen LogP contribution < -0.4 is 18.9 Å². The van der Waals surface area contributed by atoms with Crippen LogP contribution in [-0.2, 0) is 0 Å². The molecule has 0 saturated carbocycles. The molecule has 34 heavy (non-hydrogen) atoms. The van der Waals surface area contributed by atoms with Gasteiger partial charge in [0, 0.05) is 34.6 Å². The van der Waals surface area contributed by atoms with Crippen LogP contribution in [0.15, 0.2) is 73.1 Å². The largest absolute Gasteiger partial charge is 0.454 e. The van der Waals surface area contributed by atoms with E-state index in [0.29, 0.717) is 0 Å². The molecule has 2 aromatic heterocycles. The molecule has 2 aliphatic heterocycles. The Kier molecular flexibility index (Phi) is 4.95. The third-order valence-electron chi connectivity index (χ3n) is 5.24. The summed E-state index contributed by atoms with van der Waals surface area (Å²) >= 11 is 0. The Morgan fingerprint density at radius 3 is 1.32 bits per heavy atom. The molecule has 2 aliphatic rings. The molecule has 2 aromatic carbocycles. The van der Waals surface area contributed by atoms with E-state index in [4.69, 9.17) is 18.9 Å². The van der Waals surface area contributed by atoms with Gasteiger partial charge in [0.15, 0.2) is 23.0 Å². The second kappa shape index (κ2) is 8.54. The lowest BCUT2D eigenvalue weighted by molar-refractivity contribution is 0.173. The minimum Gasteiger partial charge on any atom is -0.454 e. The van der Waals surface area contributed by atoms with E-state index in [1.165, 1.54) is 0 Å². The summed E-state index contributed by atoms with van der Waals surface area (Å²) in [6, 6.07) is 19.0. The normalized spacial score (nSPS) is 12.4. The van der Waals surface area contributed by atoms with Gasteiger partial charge in [0.1, 0.15) is 0 Å². The van der Waals surface area contributed by atoms with Gasteiger partial charge in [0.2, 0.25) is 13.6 Å². The SMILES string of the molecule is C(#Cc1ccc2c(c1)OCO2)c1ccc(-c2ccc(C#Cc3ccc4c(c3)OCO4)cn2)nc1. The monoisotopic (exact) mass is 444 g/mol. The van der Waals surface area contributed by atoms with Crippen molar-refractivity contribution in [2.75, 3.05) is 13.6 Å². The molecule has 0 radical (unpaired) electrons. The van der Waals surface area contributed by atoms with Crippen molar-refractivity contribution in [2.24, 2.45) is 0 Å². The molecule has 0 spiro atoms. The van der Waals surface area contributed by atoms with Gasteiger partial charge in [0.25, 0.3) is 0 Å². The first kappa shape index (κ1) is 19.7. The van der Waals surface area contributed by atoms with Gasteiger partial charge < -0.3 is 18.9 Å². The van der Waals surface area contributed by atoms with Crippen LogP contribution in [0, 0.1) is 23.7 Å². The fourth-order valence-corrected chi connectivity index (χ4v) is 3.48. The highest BCUT2D eigenvalue weighted by molar-refractivity contribution is 5.57. The van der Waals surface area contributed by atoms with Gasteiger partial charge in [-0.3, -0.25) is 9.97 Å². The maximum Gasteiger partial charge on any atom is 0.231 e. The van der Waals surface area contributed by atoms with Crippen molar-refractivity contribution >= 4 is 0 Å². The second-order valence-electron chi connectivity index (χ2n) is 7.50. The molecular weight excluding hydrogens is 428 g/mol. The topological polar surface area (TPSA) is 62.7 Å². The highest BCUT2D eigenvalue weighted by Gasteiger charge is 2.13. The van der Waals surface area contributed by atoms with Gasteiger partial charge in [-0.05, 0) is 60.7 Å². The Hall–Kier alpha value is -4.94. The maximum atomic E-state index is 5.39. The van der Waals surface area contributed by atoms with Gasteiger partial charge in [-0.1, -0.05) is 23.7 Å². The van der Waals surface area contributed by atoms with E-state index in [1.807, 2.05) is 60.7 Å². The predicted molar refractivity (Wildman–Crippen MR) is 125 cm³/mol. The standard InChI is InChI=1S/C28H16N2O4/c1(19-7-11-25-27(13-19)33-17-31-25)3-21-5-9-23(29-15-21)24-10-6-22(16-30-24)4-2-20-8-12-26-28(14-20)34-18-32-26/h5-16H,17-18H2. The lowest BCUT2D eigenvalue weighted by Crippen LogP contribution is -1.92. The summed E-state index contributed by atoms with van der Waals surface area (Å²) in [5.74, 6) is 15.4. The minimum atomic E-state index is 0.249. The van der Waals surface area contributed by atoms with Crippen molar-refractivity contribution in [3.05, 3.63) is 95.3 Å². The zero-order chi connectivity index (χ0) is 22.7. The average molecular weight is 444 g/mol.